The quantitative estimate of drug-likeness (QED) is 0.607. The summed E-state index contributed by atoms with van der Waals surface area (Å²) in [5.41, 5.74) is 1.46. The molecule has 1 aromatic rings. The van der Waals surface area contributed by atoms with Gasteiger partial charge in [-0.2, -0.15) is 0 Å². The SMILES string of the molecule is CC(C)C1=C(C(=O)O)C=NC(c2ccc(Cl)cc2)=I[I-]1. The zero-order valence-electron chi connectivity index (χ0n) is 10.9. The molecule has 6 heteroatoms. The van der Waals surface area contributed by atoms with Gasteiger partial charge in [0.2, 0.25) is 0 Å². The molecular weight excluding hydrogens is 503 g/mol. The molecule has 1 N–H and O–H groups in total. The van der Waals surface area contributed by atoms with E-state index >= 15 is 0 Å². The topological polar surface area (TPSA) is 49.7 Å². The molecule has 0 amide bonds. The van der Waals surface area contributed by atoms with E-state index in [1.54, 1.807) is 0 Å². The van der Waals surface area contributed by atoms with Crippen LogP contribution in [-0.4, -0.2) is 20.9 Å². The van der Waals surface area contributed by atoms with E-state index < -0.39 is 5.97 Å². The van der Waals surface area contributed by atoms with Gasteiger partial charge >= 0.3 is 140 Å². The van der Waals surface area contributed by atoms with Crippen molar-refractivity contribution in [1.82, 2.24) is 0 Å². The van der Waals surface area contributed by atoms with Gasteiger partial charge in [-0.25, -0.2) is 0 Å². The molecule has 20 heavy (non-hydrogen) atoms. The Morgan fingerprint density at radius 3 is 2.55 bits per heavy atom. The van der Waals surface area contributed by atoms with Crippen LogP contribution in [0.1, 0.15) is 19.4 Å². The Bertz CT molecular complexity index is 619. The number of carbonyl (C=O) groups is 1. The Labute approximate surface area is 139 Å². The number of halogens is 3. The van der Waals surface area contributed by atoms with Crippen LogP contribution in [0, 0.1) is 5.92 Å². The van der Waals surface area contributed by atoms with Crippen molar-refractivity contribution in [2.24, 2.45) is 10.9 Å². The van der Waals surface area contributed by atoms with Crippen molar-refractivity contribution in [1.29, 1.82) is 0 Å². The molecule has 0 aliphatic carbocycles. The van der Waals surface area contributed by atoms with Crippen LogP contribution in [0.4, 0.5) is 0 Å². The van der Waals surface area contributed by atoms with Crippen LogP contribution in [0.25, 0.3) is 0 Å². The minimum absolute atomic E-state index is 0.229. The number of hydrogen-bond acceptors (Lipinski definition) is 2. The van der Waals surface area contributed by atoms with Crippen LogP contribution in [0.15, 0.2) is 38.4 Å². The number of allylic oxidation sites excluding steroid dienone is 1. The number of benzene rings is 1. The van der Waals surface area contributed by atoms with Gasteiger partial charge in [-0.05, 0) is 0 Å². The summed E-state index contributed by atoms with van der Waals surface area (Å²) in [7, 11) is 0. The average molecular weight is 517 g/mol. The molecule has 0 atom stereocenters. The van der Waals surface area contributed by atoms with E-state index in [1.807, 2.05) is 24.3 Å². The molecule has 1 heterocycles. The van der Waals surface area contributed by atoms with Crippen LogP contribution >= 0.6 is 28.4 Å². The number of rotatable bonds is 3. The third kappa shape index (κ3) is 3.88. The van der Waals surface area contributed by atoms with E-state index in [9.17, 15) is 9.90 Å². The van der Waals surface area contributed by atoms with E-state index in [0.717, 1.165) is 12.8 Å². The summed E-state index contributed by atoms with van der Waals surface area (Å²) in [4.78, 5) is 15.8. The summed E-state index contributed by atoms with van der Waals surface area (Å²) in [6, 6.07) is 7.61. The predicted octanol–water partition coefficient (Wildman–Crippen LogP) is 0.872. The van der Waals surface area contributed by atoms with Gasteiger partial charge in [0, 0.05) is 0 Å². The van der Waals surface area contributed by atoms with Crippen molar-refractivity contribution >= 4 is 44.2 Å². The van der Waals surface area contributed by atoms with Gasteiger partial charge in [0.25, 0.3) is 0 Å². The molecular formula is C14H13ClI2NO2-. The van der Waals surface area contributed by atoms with E-state index in [0.29, 0.717) is 10.6 Å². The Balaban J connectivity index is 2.37. The van der Waals surface area contributed by atoms with Crippen LogP contribution in [0.3, 0.4) is 0 Å². The summed E-state index contributed by atoms with van der Waals surface area (Å²) < 4.78 is 2.17. The second-order valence-corrected chi connectivity index (χ2v) is 13.3. The van der Waals surface area contributed by atoms with E-state index in [2.05, 4.69) is 18.8 Å². The standard InChI is InChI=1S/C14H13ClI2NO2/c1-8(2)12-11(14(19)20)7-18-13(17-16-12)9-3-5-10(15)6-4-9/h3-8H,1-2H3,(H,19,20)/q-1. The van der Waals surface area contributed by atoms with Gasteiger partial charge < -0.3 is 0 Å². The minimum atomic E-state index is -0.862. The maximum atomic E-state index is 11.4. The number of carboxylic acids is 1. The molecule has 0 spiro atoms. The fraction of sp³-hybridized carbons (Fsp3) is 0.214. The molecule has 0 aromatic heterocycles. The van der Waals surface area contributed by atoms with Gasteiger partial charge in [0.05, 0.1) is 0 Å². The van der Waals surface area contributed by atoms with Crippen molar-refractivity contribution in [3.8, 4) is 0 Å². The molecule has 0 saturated heterocycles. The van der Waals surface area contributed by atoms with Gasteiger partial charge in [-0.15, -0.1) is 0 Å². The molecule has 0 unspecified atom stereocenters. The fourth-order valence-electron chi connectivity index (χ4n) is 1.57. The Hall–Kier alpha value is -0.280. The first-order chi connectivity index (χ1) is 9.49. The molecule has 2 rings (SSSR count). The number of aliphatic carboxylic acids is 1. The molecule has 1 aliphatic heterocycles. The molecule has 0 saturated carbocycles. The molecule has 1 aliphatic rings. The van der Waals surface area contributed by atoms with Crippen LogP contribution in [0.5, 0.6) is 0 Å². The Morgan fingerprint density at radius 2 is 2.00 bits per heavy atom. The van der Waals surface area contributed by atoms with Crippen molar-refractivity contribution in [2.45, 2.75) is 13.8 Å². The molecule has 0 bridgehead atoms. The van der Waals surface area contributed by atoms with E-state index in [4.69, 9.17) is 11.6 Å². The molecule has 0 radical (unpaired) electrons. The summed E-state index contributed by atoms with van der Waals surface area (Å²) in [6.45, 7) is 4.12. The number of nitrogens with zero attached hydrogens (tertiary/aromatic N) is 1. The van der Waals surface area contributed by atoms with Crippen molar-refractivity contribution in [3.05, 3.63) is 44.0 Å². The summed E-state index contributed by atoms with van der Waals surface area (Å²) in [6.07, 6.45) is 1.54. The molecule has 3 nitrogen and oxygen atoms in total. The zero-order chi connectivity index (χ0) is 14.7. The molecule has 108 valence electrons. The Kier molecular flexibility index (Phi) is 5.74. The van der Waals surface area contributed by atoms with Gasteiger partial charge in [0.15, 0.2) is 0 Å². The summed E-state index contributed by atoms with van der Waals surface area (Å²) >= 11 is 5.41. The first-order valence-electron chi connectivity index (χ1n) is 5.92. The van der Waals surface area contributed by atoms with Gasteiger partial charge in [-0.3, -0.25) is 0 Å². The maximum absolute atomic E-state index is 11.4. The number of hydrogen-bond donors (Lipinski definition) is 1. The third-order valence-electron chi connectivity index (χ3n) is 2.56. The number of aliphatic imine (C=N–C) groups is 1. The summed E-state index contributed by atoms with van der Waals surface area (Å²) in [5, 5.41) is 10.0. The van der Waals surface area contributed by atoms with Gasteiger partial charge in [-0.1, -0.05) is 0 Å². The first kappa shape index (κ1) is 16.1. The second kappa shape index (κ2) is 7.13. The average Bonchev–Trinajstić information content (AvgIpc) is 2.62. The van der Waals surface area contributed by atoms with Crippen LogP contribution in [0.2, 0.25) is 5.02 Å². The second-order valence-electron chi connectivity index (χ2n) is 4.42. The van der Waals surface area contributed by atoms with Crippen molar-refractivity contribution in [3.63, 3.8) is 0 Å². The fourth-order valence-corrected chi connectivity index (χ4v) is 13.7. The van der Waals surface area contributed by atoms with E-state index in [1.165, 1.54) is 6.21 Å². The number of carboxylic acid groups (broad SMARTS) is 1. The normalized spacial score (nSPS) is 16.1. The Morgan fingerprint density at radius 1 is 1.35 bits per heavy atom. The zero-order valence-corrected chi connectivity index (χ0v) is 16.0. The third-order valence-corrected chi connectivity index (χ3v) is 13.5. The van der Waals surface area contributed by atoms with Crippen LogP contribution < -0.4 is 17.2 Å². The van der Waals surface area contributed by atoms with Crippen molar-refractivity contribution < 1.29 is 27.1 Å². The molecule has 1 aromatic carbocycles. The van der Waals surface area contributed by atoms with Crippen LogP contribution in [-0.2, 0) is 4.79 Å². The molecule has 0 fully saturated rings. The van der Waals surface area contributed by atoms with E-state index in [-0.39, 0.29) is 39.9 Å². The summed E-state index contributed by atoms with van der Waals surface area (Å²) in [5.74, 6) is -0.580. The monoisotopic (exact) mass is 516 g/mol. The van der Waals surface area contributed by atoms with Gasteiger partial charge in [0.1, 0.15) is 0 Å². The predicted molar refractivity (Wildman–Crippen MR) is 87.6 cm³/mol. The van der Waals surface area contributed by atoms with Crippen molar-refractivity contribution in [2.75, 3.05) is 0 Å². The first-order valence-corrected chi connectivity index (χ1v) is 14.7.